The van der Waals surface area contributed by atoms with Crippen LogP contribution in [0.5, 0.6) is 0 Å². The Balaban J connectivity index is 1.17. The third-order valence-electron chi connectivity index (χ3n) is 5.56. The van der Waals surface area contributed by atoms with Gasteiger partial charge in [0.15, 0.2) is 11.4 Å². The van der Waals surface area contributed by atoms with Gasteiger partial charge in [-0.3, -0.25) is 14.7 Å². The first-order chi connectivity index (χ1) is 15.5. The highest BCUT2D eigenvalue weighted by molar-refractivity contribution is 9.10. The van der Waals surface area contributed by atoms with Crippen LogP contribution in [-0.2, 0) is 11.2 Å². The standard InChI is InChI=1S/C23H24BrN3O5/c24-18-4-1-16(2-5-18)8-14-31-23(30)27-12-10-26(11-13-27)9-7-20(28)17-3-6-19-21(15-17)32-22(29)25-19/h1-6,15H,7-14H2,(H,25,29). The van der Waals surface area contributed by atoms with Crippen LogP contribution in [0, 0.1) is 0 Å². The number of halogens is 1. The Morgan fingerprint density at radius 2 is 1.81 bits per heavy atom. The number of hydrogen-bond acceptors (Lipinski definition) is 6. The van der Waals surface area contributed by atoms with Gasteiger partial charge in [0.2, 0.25) is 0 Å². The van der Waals surface area contributed by atoms with Gasteiger partial charge in [-0.25, -0.2) is 9.59 Å². The summed E-state index contributed by atoms with van der Waals surface area (Å²) in [6.45, 7) is 3.50. The van der Waals surface area contributed by atoms with Gasteiger partial charge in [-0.1, -0.05) is 28.1 Å². The van der Waals surface area contributed by atoms with E-state index in [-0.39, 0.29) is 11.9 Å². The topological polar surface area (TPSA) is 95.9 Å². The predicted molar refractivity (Wildman–Crippen MR) is 123 cm³/mol. The molecule has 1 amide bonds. The minimum Gasteiger partial charge on any atom is -0.449 e. The quantitative estimate of drug-likeness (QED) is 0.498. The number of oxazole rings is 1. The molecule has 2 aromatic carbocycles. The Labute approximate surface area is 193 Å². The van der Waals surface area contributed by atoms with E-state index < -0.39 is 5.76 Å². The van der Waals surface area contributed by atoms with Gasteiger partial charge in [-0.2, -0.15) is 0 Å². The third kappa shape index (κ3) is 5.66. The largest absolute Gasteiger partial charge is 0.449 e. The van der Waals surface area contributed by atoms with Crippen LogP contribution >= 0.6 is 15.9 Å². The van der Waals surface area contributed by atoms with E-state index in [1.165, 1.54) is 0 Å². The molecular weight excluding hydrogens is 478 g/mol. The molecule has 0 spiro atoms. The zero-order valence-corrected chi connectivity index (χ0v) is 19.1. The molecule has 0 bridgehead atoms. The number of benzene rings is 2. The number of nitrogens with zero attached hydrogens (tertiary/aromatic N) is 2. The van der Waals surface area contributed by atoms with Crippen molar-refractivity contribution in [3.8, 4) is 0 Å². The fraction of sp³-hybridized carbons (Fsp3) is 0.348. The molecule has 8 nitrogen and oxygen atoms in total. The number of piperazine rings is 1. The van der Waals surface area contributed by atoms with Gasteiger partial charge in [0, 0.05) is 55.6 Å². The summed E-state index contributed by atoms with van der Waals surface area (Å²) in [5, 5.41) is 0. The van der Waals surface area contributed by atoms with Crippen molar-refractivity contribution in [2.24, 2.45) is 0 Å². The molecule has 1 N–H and O–H groups in total. The van der Waals surface area contributed by atoms with E-state index in [0.29, 0.717) is 68.8 Å². The normalized spacial score (nSPS) is 14.6. The third-order valence-corrected chi connectivity index (χ3v) is 6.09. The molecule has 1 aromatic heterocycles. The van der Waals surface area contributed by atoms with E-state index in [2.05, 4.69) is 25.8 Å². The maximum absolute atomic E-state index is 12.5. The van der Waals surface area contributed by atoms with Crippen molar-refractivity contribution < 1.29 is 18.7 Å². The van der Waals surface area contributed by atoms with Crippen molar-refractivity contribution in [2.75, 3.05) is 39.3 Å². The highest BCUT2D eigenvalue weighted by atomic mass is 79.9. The van der Waals surface area contributed by atoms with Crippen LogP contribution in [0.15, 0.2) is 56.1 Å². The lowest BCUT2D eigenvalue weighted by Gasteiger charge is -2.33. The van der Waals surface area contributed by atoms with Gasteiger partial charge in [0.25, 0.3) is 0 Å². The summed E-state index contributed by atoms with van der Waals surface area (Å²) < 4.78 is 11.5. The maximum Gasteiger partial charge on any atom is 0.417 e. The van der Waals surface area contributed by atoms with Crippen molar-refractivity contribution in [1.82, 2.24) is 14.8 Å². The lowest BCUT2D eigenvalue weighted by atomic mass is 10.1. The second kappa shape index (κ2) is 10.1. The van der Waals surface area contributed by atoms with Crippen molar-refractivity contribution in [3.05, 3.63) is 68.6 Å². The molecule has 0 atom stereocenters. The lowest BCUT2D eigenvalue weighted by Crippen LogP contribution is -2.49. The van der Waals surface area contributed by atoms with Crippen LogP contribution in [-0.4, -0.2) is 66.0 Å². The SMILES string of the molecule is O=C(CCN1CCN(C(=O)OCCc2ccc(Br)cc2)CC1)c1ccc2[nH]c(=O)oc2c1. The number of H-pyrrole nitrogens is 1. The van der Waals surface area contributed by atoms with Crippen molar-refractivity contribution >= 4 is 38.9 Å². The molecule has 0 unspecified atom stereocenters. The Morgan fingerprint density at radius 1 is 1.06 bits per heavy atom. The Hall–Kier alpha value is -2.91. The molecule has 0 saturated carbocycles. The maximum atomic E-state index is 12.5. The summed E-state index contributed by atoms with van der Waals surface area (Å²) in [4.78, 5) is 42.5. The molecule has 0 radical (unpaired) electrons. The van der Waals surface area contributed by atoms with Crippen LogP contribution in [0.25, 0.3) is 11.1 Å². The first-order valence-electron chi connectivity index (χ1n) is 10.5. The second-order valence-electron chi connectivity index (χ2n) is 7.72. The van der Waals surface area contributed by atoms with E-state index >= 15 is 0 Å². The fourth-order valence-corrected chi connectivity index (χ4v) is 3.94. The zero-order valence-electron chi connectivity index (χ0n) is 17.5. The summed E-state index contributed by atoms with van der Waals surface area (Å²) in [6.07, 6.45) is 0.746. The van der Waals surface area contributed by atoms with E-state index in [4.69, 9.17) is 9.15 Å². The minimum atomic E-state index is -0.533. The number of carbonyl (C=O) groups is 2. The average Bonchev–Trinajstić information content (AvgIpc) is 3.18. The molecule has 1 aliphatic rings. The van der Waals surface area contributed by atoms with Crippen molar-refractivity contribution in [1.29, 1.82) is 0 Å². The van der Waals surface area contributed by atoms with Crippen LogP contribution in [0.4, 0.5) is 4.79 Å². The number of Topliss-reactive ketones (excluding diaryl/α,β-unsaturated/α-hetero) is 1. The number of ether oxygens (including phenoxy) is 1. The fourth-order valence-electron chi connectivity index (χ4n) is 3.68. The van der Waals surface area contributed by atoms with E-state index in [0.717, 1.165) is 10.0 Å². The number of rotatable bonds is 7. The monoisotopic (exact) mass is 501 g/mol. The van der Waals surface area contributed by atoms with E-state index in [1.54, 1.807) is 23.1 Å². The molecule has 1 saturated heterocycles. The first-order valence-corrected chi connectivity index (χ1v) is 11.3. The summed E-state index contributed by atoms with van der Waals surface area (Å²) in [6, 6.07) is 12.9. The summed E-state index contributed by atoms with van der Waals surface area (Å²) in [5.74, 6) is -0.542. The Bertz CT molecular complexity index is 1150. The van der Waals surface area contributed by atoms with Crippen LogP contribution in [0.1, 0.15) is 22.3 Å². The number of hydrogen-bond donors (Lipinski definition) is 1. The molecule has 1 fully saturated rings. The number of aromatic nitrogens is 1. The Morgan fingerprint density at radius 3 is 2.56 bits per heavy atom. The highest BCUT2D eigenvalue weighted by Gasteiger charge is 2.22. The van der Waals surface area contributed by atoms with Crippen LogP contribution < -0.4 is 5.76 Å². The van der Waals surface area contributed by atoms with Crippen molar-refractivity contribution in [3.63, 3.8) is 0 Å². The average molecular weight is 502 g/mol. The van der Waals surface area contributed by atoms with Gasteiger partial charge in [0.1, 0.15) is 0 Å². The minimum absolute atomic E-state index is 0.00877. The number of carbonyl (C=O) groups excluding carboxylic acids is 2. The van der Waals surface area contributed by atoms with Gasteiger partial charge >= 0.3 is 11.8 Å². The van der Waals surface area contributed by atoms with Crippen LogP contribution in [0.2, 0.25) is 0 Å². The number of amides is 1. The number of aromatic amines is 1. The molecule has 2 heterocycles. The molecule has 32 heavy (non-hydrogen) atoms. The van der Waals surface area contributed by atoms with Gasteiger partial charge in [0.05, 0.1) is 12.1 Å². The van der Waals surface area contributed by atoms with Gasteiger partial charge < -0.3 is 14.1 Å². The zero-order chi connectivity index (χ0) is 22.5. The molecule has 4 rings (SSSR count). The summed E-state index contributed by atoms with van der Waals surface area (Å²) in [5.41, 5.74) is 2.60. The van der Waals surface area contributed by atoms with E-state index in [1.807, 2.05) is 24.3 Å². The molecule has 9 heteroatoms. The summed E-state index contributed by atoms with van der Waals surface area (Å²) >= 11 is 3.40. The molecule has 168 valence electrons. The predicted octanol–water partition coefficient (Wildman–Crippen LogP) is 3.45. The number of fused-ring (bicyclic) bond motifs is 1. The Kier molecular flexibility index (Phi) is 7.06. The second-order valence-corrected chi connectivity index (χ2v) is 8.63. The highest BCUT2D eigenvalue weighted by Crippen LogP contribution is 2.15. The van der Waals surface area contributed by atoms with E-state index in [9.17, 15) is 14.4 Å². The van der Waals surface area contributed by atoms with Gasteiger partial charge in [-0.05, 0) is 35.9 Å². The molecule has 1 aliphatic heterocycles. The van der Waals surface area contributed by atoms with Crippen LogP contribution in [0.3, 0.4) is 0 Å². The smallest absolute Gasteiger partial charge is 0.417 e. The summed E-state index contributed by atoms with van der Waals surface area (Å²) in [7, 11) is 0. The molecule has 3 aromatic rings. The first kappa shape index (κ1) is 22.3. The molecular formula is C23H24BrN3O5. The number of ketones is 1. The number of nitrogens with one attached hydrogen (secondary N) is 1. The molecule has 0 aliphatic carbocycles. The van der Waals surface area contributed by atoms with Crippen molar-refractivity contribution in [2.45, 2.75) is 12.8 Å². The van der Waals surface area contributed by atoms with Gasteiger partial charge in [-0.15, -0.1) is 0 Å². The lowest BCUT2D eigenvalue weighted by molar-refractivity contribution is 0.0742.